The third-order valence-corrected chi connectivity index (χ3v) is 4.90. The fourth-order valence-electron chi connectivity index (χ4n) is 3.53. The summed E-state index contributed by atoms with van der Waals surface area (Å²) in [5.41, 5.74) is 2.19. The maximum absolute atomic E-state index is 13.1. The van der Waals surface area contributed by atoms with Crippen LogP contribution in [0.2, 0.25) is 0 Å². The summed E-state index contributed by atoms with van der Waals surface area (Å²) in [6, 6.07) is 13.5. The van der Waals surface area contributed by atoms with Gasteiger partial charge in [-0.2, -0.15) is 0 Å². The lowest BCUT2D eigenvalue weighted by molar-refractivity contribution is 0.0927. The zero-order valence-corrected chi connectivity index (χ0v) is 17.5. The maximum Gasteiger partial charge on any atom is 0.268 e. The van der Waals surface area contributed by atoms with Crippen molar-refractivity contribution in [3.8, 4) is 17.2 Å². The van der Waals surface area contributed by atoms with Crippen LogP contribution in [0.25, 0.3) is 10.9 Å². The largest absolute Gasteiger partial charge is 0.496 e. The van der Waals surface area contributed by atoms with Crippen LogP contribution in [-0.4, -0.2) is 32.2 Å². The van der Waals surface area contributed by atoms with E-state index in [1.165, 1.54) is 0 Å². The summed E-state index contributed by atoms with van der Waals surface area (Å²) in [4.78, 5) is 16.3. The van der Waals surface area contributed by atoms with Crippen molar-refractivity contribution in [2.45, 2.75) is 26.3 Å². The number of hydrogen-bond donors (Lipinski definition) is 2. The molecule has 0 aliphatic carbocycles. The Kier molecular flexibility index (Phi) is 6.32. The monoisotopic (exact) mass is 396 g/mol. The molecule has 1 atom stereocenters. The molecular formula is C23H28N2O4. The Hall–Kier alpha value is -3.15. The second kappa shape index (κ2) is 8.90. The minimum Gasteiger partial charge on any atom is -0.496 e. The average Bonchev–Trinajstić information content (AvgIpc) is 3.17. The second-order valence-corrected chi connectivity index (χ2v) is 7.35. The molecule has 0 spiro atoms. The highest BCUT2D eigenvalue weighted by molar-refractivity contribution is 6.02. The summed E-state index contributed by atoms with van der Waals surface area (Å²) in [7, 11) is 4.72. The van der Waals surface area contributed by atoms with Crippen LogP contribution in [0.1, 0.15) is 42.4 Å². The molecular weight excluding hydrogens is 368 g/mol. The van der Waals surface area contributed by atoms with Crippen molar-refractivity contribution in [1.29, 1.82) is 0 Å². The van der Waals surface area contributed by atoms with Gasteiger partial charge < -0.3 is 24.5 Å². The molecule has 1 amide bonds. The van der Waals surface area contributed by atoms with Crippen molar-refractivity contribution in [2.24, 2.45) is 5.92 Å². The number of aromatic amines is 1. The molecule has 0 saturated heterocycles. The van der Waals surface area contributed by atoms with Gasteiger partial charge in [0.2, 0.25) is 0 Å². The van der Waals surface area contributed by atoms with Gasteiger partial charge >= 0.3 is 0 Å². The number of carbonyl (C=O) groups excluding carboxylic acids is 1. The average molecular weight is 396 g/mol. The van der Waals surface area contributed by atoms with Crippen molar-refractivity contribution in [1.82, 2.24) is 10.3 Å². The molecule has 154 valence electrons. The molecule has 0 radical (unpaired) electrons. The smallest absolute Gasteiger partial charge is 0.268 e. The molecule has 3 aromatic rings. The molecule has 1 heterocycles. The second-order valence-electron chi connectivity index (χ2n) is 7.35. The Morgan fingerprint density at radius 1 is 1.00 bits per heavy atom. The van der Waals surface area contributed by atoms with Gasteiger partial charge in [0.05, 0.1) is 32.9 Å². The highest BCUT2D eigenvalue weighted by Gasteiger charge is 2.22. The molecule has 29 heavy (non-hydrogen) atoms. The lowest BCUT2D eigenvalue weighted by atomic mass is 9.97. The van der Waals surface area contributed by atoms with Gasteiger partial charge in [-0.3, -0.25) is 4.79 Å². The van der Waals surface area contributed by atoms with Crippen LogP contribution in [-0.2, 0) is 0 Å². The van der Waals surface area contributed by atoms with Gasteiger partial charge in [0.15, 0.2) is 11.5 Å². The number of amides is 1. The van der Waals surface area contributed by atoms with Gasteiger partial charge in [-0.25, -0.2) is 0 Å². The van der Waals surface area contributed by atoms with Crippen molar-refractivity contribution >= 4 is 16.8 Å². The molecule has 3 rings (SSSR count). The molecule has 0 saturated carbocycles. The van der Waals surface area contributed by atoms with E-state index in [0.29, 0.717) is 34.4 Å². The number of ether oxygens (including phenoxy) is 3. The third-order valence-electron chi connectivity index (χ3n) is 4.90. The van der Waals surface area contributed by atoms with E-state index in [4.69, 9.17) is 14.2 Å². The summed E-state index contributed by atoms with van der Waals surface area (Å²) in [6.07, 6.45) is 0.844. The number of carbonyl (C=O) groups is 1. The summed E-state index contributed by atoms with van der Waals surface area (Å²) < 4.78 is 16.4. The van der Waals surface area contributed by atoms with Gasteiger partial charge in [0, 0.05) is 11.5 Å². The SMILES string of the molecule is COc1cc(OC)c2cc(C(=O)NC(CC(C)C)c3ccccc3)[nH]c2c1OC. The van der Waals surface area contributed by atoms with Gasteiger partial charge in [-0.1, -0.05) is 44.2 Å². The normalized spacial score (nSPS) is 12.1. The topological polar surface area (TPSA) is 72.6 Å². The van der Waals surface area contributed by atoms with Crippen molar-refractivity contribution in [3.05, 3.63) is 53.7 Å². The standard InChI is InChI=1S/C23H28N2O4/c1-14(2)11-17(15-9-7-6-8-10-15)25-23(26)18-12-16-19(27-3)13-20(28-4)22(29-5)21(16)24-18/h6-10,12-14,17,24H,11H2,1-5H3,(H,25,26). The molecule has 0 bridgehead atoms. The Morgan fingerprint density at radius 2 is 1.69 bits per heavy atom. The predicted octanol–water partition coefficient (Wildman–Crippen LogP) is 4.71. The minimum absolute atomic E-state index is 0.0755. The number of benzene rings is 2. The minimum atomic E-state index is -0.182. The highest BCUT2D eigenvalue weighted by Crippen LogP contribution is 2.41. The Balaban J connectivity index is 1.97. The van der Waals surface area contributed by atoms with Gasteiger partial charge in [0.25, 0.3) is 5.91 Å². The van der Waals surface area contributed by atoms with Crippen molar-refractivity contribution in [3.63, 3.8) is 0 Å². The molecule has 0 aliphatic heterocycles. The van der Waals surface area contributed by atoms with E-state index in [1.807, 2.05) is 30.3 Å². The molecule has 6 heteroatoms. The van der Waals surface area contributed by atoms with E-state index in [1.54, 1.807) is 33.5 Å². The maximum atomic E-state index is 13.1. The Bertz CT molecular complexity index is 979. The van der Waals surface area contributed by atoms with Gasteiger partial charge in [-0.15, -0.1) is 0 Å². The first kappa shape index (κ1) is 20.6. The molecule has 6 nitrogen and oxygen atoms in total. The quantitative estimate of drug-likeness (QED) is 0.578. The van der Waals surface area contributed by atoms with E-state index >= 15 is 0 Å². The number of H-pyrrole nitrogens is 1. The lowest BCUT2D eigenvalue weighted by Gasteiger charge is -2.21. The molecule has 0 aliphatic rings. The lowest BCUT2D eigenvalue weighted by Crippen LogP contribution is -2.29. The van der Waals surface area contributed by atoms with Crippen molar-refractivity contribution in [2.75, 3.05) is 21.3 Å². The molecule has 2 aromatic carbocycles. The van der Waals surface area contributed by atoms with Crippen LogP contribution in [0, 0.1) is 5.92 Å². The first-order valence-corrected chi connectivity index (χ1v) is 9.66. The van der Waals surface area contributed by atoms with Crippen molar-refractivity contribution < 1.29 is 19.0 Å². The van der Waals surface area contributed by atoms with Crippen LogP contribution in [0.5, 0.6) is 17.2 Å². The number of aromatic nitrogens is 1. The summed E-state index contributed by atoms with van der Waals surface area (Å²) in [5.74, 6) is 1.93. The van der Waals surface area contributed by atoms with E-state index in [2.05, 4.69) is 24.1 Å². The first-order chi connectivity index (χ1) is 14.0. The van der Waals surface area contributed by atoms with Gasteiger partial charge in [0.1, 0.15) is 11.4 Å². The van der Waals surface area contributed by atoms with Gasteiger partial charge in [-0.05, 0) is 24.0 Å². The zero-order valence-electron chi connectivity index (χ0n) is 17.5. The third kappa shape index (κ3) is 4.31. The molecule has 1 aromatic heterocycles. The fourth-order valence-corrected chi connectivity index (χ4v) is 3.53. The highest BCUT2D eigenvalue weighted by atomic mass is 16.5. The number of rotatable bonds is 8. The Labute approximate surface area is 171 Å². The molecule has 1 unspecified atom stereocenters. The zero-order chi connectivity index (χ0) is 21.0. The fraction of sp³-hybridized carbons (Fsp3) is 0.348. The van der Waals surface area contributed by atoms with Crippen LogP contribution >= 0.6 is 0 Å². The number of methoxy groups -OCH3 is 3. The number of nitrogens with one attached hydrogen (secondary N) is 2. The molecule has 2 N–H and O–H groups in total. The van der Waals surface area contributed by atoms with Crippen LogP contribution in [0.3, 0.4) is 0 Å². The first-order valence-electron chi connectivity index (χ1n) is 9.66. The summed E-state index contributed by atoms with van der Waals surface area (Å²) >= 11 is 0. The van der Waals surface area contributed by atoms with Crippen LogP contribution in [0.4, 0.5) is 0 Å². The molecule has 0 fully saturated rings. The number of hydrogen-bond acceptors (Lipinski definition) is 4. The number of fused-ring (bicyclic) bond motifs is 1. The van der Waals surface area contributed by atoms with E-state index in [-0.39, 0.29) is 11.9 Å². The summed E-state index contributed by atoms with van der Waals surface area (Å²) in [6.45, 7) is 4.29. The van der Waals surface area contributed by atoms with Crippen LogP contribution in [0.15, 0.2) is 42.5 Å². The van der Waals surface area contributed by atoms with E-state index in [0.717, 1.165) is 17.4 Å². The van der Waals surface area contributed by atoms with Crippen LogP contribution < -0.4 is 19.5 Å². The predicted molar refractivity (Wildman–Crippen MR) is 114 cm³/mol. The van der Waals surface area contributed by atoms with E-state index < -0.39 is 0 Å². The summed E-state index contributed by atoms with van der Waals surface area (Å²) in [5, 5.41) is 3.92. The Morgan fingerprint density at radius 3 is 2.28 bits per heavy atom. The van der Waals surface area contributed by atoms with E-state index in [9.17, 15) is 4.79 Å².